The molecule has 178 valence electrons. The van der Waals surface area contributed by atoms with Crippen LogP contribution >= 0.6 is 0 Å². The predicted molar refractivity (Wildman–Crippen MR) is 128 cm³/mol. The Kier molecular flexibility index (Phi) is 8.93. The van der Waals surface area contributed by atoms with E-state index >= 15 is 0 Å². The highest BCUT2D eigenvalue weighted by molar-refractivity contribution is 5.91. The van der Waals surface area contributed by atoms with Crippen LogP contribution in [0.2, 0.25) is 0 Å². The van der Waals surface area contributed by atoms with Gasteiger partial charge in [-0.15, -0.1) is 0 Å². The van der Waals surface area contributed by atoms with Crippen molar-refractivity contribution in [3.63, 3.8) is 0 Å². The van der Waals surface area contributed by atoms with Gasteiger partial charge in [0.2, 0.25) is 17.7 Å². The molecule has 0 bridgehead atoms. The lowest BCUT2D eigenvalue weighted by molar-refractivity contribution is -0.146. The van der Waals surface area contributed by atoms with Crippen molar-refractivity contribution in [3.05, 3.63) is 48.7 Å². The molecule has 0 radical (unpaired) electrons. The Labute approximate surface area is 195 Å². The molecular formula is C24H33N5O4. The number of carbonyl (C=O) groups excluding carboxylic acids is 3. The standard InChI is InChI=1S/C24H33N5O4/c1-7-29(27(4)5)22(31)16-24(2,3)15-20(30)26-18-13-14-21(25-17-18)33-23(32)28(6)19-11-9-8-10-12-19/h8-14,17H,7,15-16H2,1-6H3,(H,26,30). The van der Waals surface area contributed by atoms with Crippen molar-refractivity contribution >= 4 is 29.3 Å². The number of ether oxygens (including phenoxy) is 1. The smallest absolute Gasteiger partial charge is 0.391 e. The van der Waals surface area contributed by atoms with Crippen molar-refractivity contribution in [2.75, 3.05) is 37.9 Å². The van der Waals surface area contributed by atoms with E-state index in [0.717, 1.165) is 0 Å². The molecule has 0 aliphatic heterocycles. The van der Waals surface area contributed by atoms with Gasteiger partial charge in [-0.2, -0.15) is 0 Å². The van der Waals surface area contributed by atoms with Crippen LogP contribution in [-0.2, 0) is 9.59 Å². The van der Waals surface area contributed by atoms with Gasteiger partial charge < -0.3 is 10.1 Å². The fourth-order valence-electron chi connectivity index (χ4n) is 3.31. The molecule has 0 aliphatic rings. The van der Waals surface area contributed by atoms with Crippen molar-refractivity contribution in [1.29, 1.82) is 0 Å². The van der Waals surface area contributed by atoms with Crippen LogP contribution < -0.4 is 15.0 Å². The number of nitrogens with one attached hydrogen (secondary N) is 1. The number of para-hydroxylation sites is 1. The zero-order valence-electron chi connectivity index (χ0n) is 20.2. The van der Waals surface area contributed by atoms with E-state index in [1.165, 1.54) is 17.2 Å². The number of aromatic nitrogens is 1. The first-order valence-corrected chi connectivity index (χ1v) is 10.8. The molecule has 3 amide bonds. The first-order chi connectivity index (χ1) is 15.5. The summed E-state index contributed by atoms with van der Waals surface area (Å²) in [7, 11) is 5.24. The van der Waals surface area contributed by atoms with Gasteiger partial charge in [-0.25, -0.2) is 14.8 Å². The molecule has 1 aromatic carbocycles. The van der Waals surface area contributed by atoms with Gasteiger partial charge in [0.15, 0.2) is 0 Å². The molecule has 0 aliphatic carbocycles. The van der Waals surface area contributed by atoms with E-state index in [9.17, 15) is 14.4 Å². The van der Waals surface area contributed by atoms with Gasteiger partial charge in [0.1, 0.15) is 0 Å². The summed E-state index contributed by atoms with van der Waals surface area (Å²) in [6.07, 6.45) is 1.26. The van der Waals surface area contributed by atoms with Gasteiger partial charge in [0.05, 0.1) is 11.9 Å². The Morgan fingerprint density at radius 3 is 2.21 bits per heavy atom. The Morgan fingerprint density at radius 1 is 1.00 bits per heavy atom. The summed E-state index contributed by atoms with van der Waals surface area (Å²) in [5, 5.41) is 6.16. The number of hydrogen-bond donors (Lipinski definition) is 1. The van der Waals surface area contributed by atoms with Crippen LogP contribution in [-0.4, -0.2) is 60.6 Å². The number of hydrogen-bond acceptors (Lipinski definition) is 6. The number of carbonyl (C=O) groups is 3. The number of amides is 3. The summed E-state index contributed by atoms with van der Waals surface area (Å²) in [6, 6.07) is 12.2. The van der Waals surface area contributed by atoms with E-state index in [1.807, 2.05) is 53.1 Å². The highest BCUT2D eigenvalue weighted by atomic mass is 16.6. The Hall–Kier alpha value is -3.46. The summed E-state index contributed by atoms with van der Waals surface area (Å²) in [5.74, 6) is -0.139. The molecule has 1 heterocycles. The van der Waals surface area contributed by atoms with Crippen molar-refractivity contribution < 1.29 is 19.1 Å². The van der Waals surface area contributed by atoms with E-state index in [4.69, 9.17) is 4.74 Å². The van der Waals surface area contributed by atoms with Crippen molar-refractivity contribution in [1.82, 2.24) is 15.0 Å². The number of hydrazine groups is 1. The van der Waals surface area contributed by atoms with E-state index in [0.29, 0.717) is 17.9 Å². The lowest BCUT2D eigenvalue weighted by atomic mass is 9.85. The quantitative estimate of drug-likeness (QED) is 0.578. The van der Waals surface area contributed by atoms with Crippen molar-refractivity contribution in [3.8, 4) is 5.88 Å². The summed E-state index contributed by atoms with van der Waals surface area (Å²) >= 11 is 0. The molecule has 0 saturated carbocycles. The molecule has 0 saturated heterocycles. The van der Waals surface area contributed by atoms with Gasteiger partial charge in [-0.1, -0.05) is 32.0 Å². The second-order valence-electron chi connectivity index (χ2n) is 8.67. The molecule has 1 aromatic heterocycles. The molecule has 0 atom stereocenters. The second kappa shape index (κ2) is 11.4. The van der Waals surface area contributed by atoms with Crippen LogP contribution in [0, 0.1) is 5.41 Å². The topological polar surface area (TPSA) is 95.1 Å². The van der Waals surface area contributed by atoms with Crippen molar-refractivity contribution in [2.45, 2.75) is 33.6 Å². The van der Waals surface area contributed by atoms with Crippen LogP contribution in [0.4, 0.5) is 16.2 Å². The number of benzene rings is 1. The minimum atomic E-state index is -0.573. The molecule has 33 heavy (non-hydrogen) atoms. The molecule has 0 fully saturated rings. The molecule has 9 nitrogen and oxygen atoms in total. The van der Waals surface area contributed by atoms with Crippen LogP contribution in [0.25, 0.3) is 0 Å². The Bertz CT molecular complexity index is 945. The minimum Gasteiger partial charge on any atom is -0.391 e. The molecule has 0 unspecified atom stereocenters. The van der Waals surface area contributed by atoms with Gasteiger partial charge in [-0.05, 0) is 30.5 Å². The largest absolute Gasteiger partial charge is 0.420 e. The summed E-state index contributed by atoms with van der Waals surface area (Å²) in [5.41, 5.74) is 0.650. The van der Waals surface area contributed by atoms with E-state index in [2.05, 4.69) is 10.3 Å². The summed E-state index contributed by atoms with van der Waals surface area (Å²) < 4.78 is 5.28. The number of pyridine rings is 1. The average Bonchev–Trinajstić information content (AvgIpc) is 2.74. The second-order valence-corrected chi connectivity index (χ2v) is 8.67. The lowest BCUT2D eigenvalue weighted by Gasteiger charge is -2.31. The first kappa shape index (κ1) is 25.8. The molecule has 1 N–H and O–H groups in total. The van der Waals surface area contributed by atoms with Gasteiger partial charge in [0.25, 0.3) is 0 Å². The Balaban J connectivity index is 1.90. The van der Waals surface area contributed by atoms with Crippen LogP contribution in [0.15, 0.2) is 48.7 Å². The van der Waals surface area contributed by atoms with Gasteiger partial charge in [-0.3, -0.25) is 19.5 Å². The Morgan fingerprint density at radius 2 is 1.67 bits per heavy atom. The molecule has 0 spiro atoms. The molecule has 2 aromatic rings. The highest BCUT2D eigenvalue weighted by Gasteiger charge is 2.28. The SMILES string of the molecule is CCN(C(=O)CC(C)(C)CC(=O)Nc1ccc(OC(=O)N(C)c2ccccc2)nc1)N(C)C. The maximum Gasteiger partial charge on any atom is 0.420 e. The first-order valence-electron chi connectivity index (χ1n) is 10.8. The monoisotopic (exact) mass is 455 g/mol. The summed E-state index contributed by atoms with van der Waals surface area (Å²) in [6.45, 7) is 6.25. The molecular weight excluding hydrogens is 422 g/mol. The lowest BCUT2D eigenvalue weighted by Crippen LogP contribution is -2.43. The van der Waals surface area contributed by atoms with Gasteiger partial charge in [0, 0.05) is 52.3 Å². The fourth-order valence-corrected chi connectivity index (χ4v) is 3.31. The molecule has 2 rings (SSSR count). The average molecular weight is 456 g/mol. The minimum absolute atomic E-state index is 0.0337. The van der Waals surface area contributed by atoms with Crippen LogP contribution in [0.1, 0.15) is 33.6 Å². The number of nitrogens with zero attached hydrogens (tertiary/aromatic N) is 4. The normalized spacial score (nSPS) is 11.1. The maximum atomic E-state index is 12.5. The highest BCUT2D eigenvalue weighted by Crippen LogP contribution is 2.27. The third kappa shape index (κ3) is 7.87. The zero-order chi connectivity index (χ0) is 24.6. The zero-order valence-corrected chi connectivity index (χ0v) is 20.2. The fraction of sp³-hybridized carbons (Fsp3) is 0.417. The third-order valence-corrected chi connectivity index (χ3v) is 4.97. The van der Waals surface area contributed by atoms with E-state index in [1.54, 1.807) is 35.3 Å². The van der Waals surface area contributed by atoms with Crippen LogP contribution in [0.5, 0.6) is 5.88 Å². The number of rotatable bonds is 9. The molecule has 9 heteroatoms. The van der Waals surface area contributed by atoms with Crippen LogP contribution in [0.3, 0.4) is 0 Å². The third-order valence-electron chi connectivity index (χ3n) is 4.97. The van der Waals surface area contributed by atoms with Gasteiger partial charge >= 0.3 is 6.09 Å². The number of anilines is 2. The van der Waals surface area contributed by atoms with Crippen molar-refractivity contribution in [2.24, 2.45) is 5.41 Å². The predicted octanol–water partition coefficient (Wildman–Crippen LogP) is 3.79. The summed E-state index contributed by atoms with van der Waals surface area (Å²) in [4.78, 5) is 42.8. The maximum absolute atomic E-state index is 12.5. The van der Waals surface area contributed by atoms with E-state index in [-0.39, 0.29) is 30.5 Å². The van der Waals surface area contributed by atoms with E-state index < -0.39 is 11.5 Å².